The van der Waals surface area contributed by atoms with Crippen LogP contribution >= 0.6 is 0 Å². The van der Waals surface area contributed by atoms with Gasteiger partial charge in [0, 0.05) is 25.3 Å². The lowest BCUT2D eigenvalue weighted by molar-refractivity contribution is -0.188. The fourth-order valence-corrected chi connectivity index (χ4v) is 4.74. The zero-order valence-electron chi connectivity index (χ0n) is 15.8. The summed E-state index contributed by atoms with van der Waals surface area (Å²) in [5.74, 6) is 0. The van der Waals surface area contributed by atoms with Crippen LogP contribution in [-0.4, -0.2) is 42.5 Å². The molecule has 23 heavy (non-hydrogen) atoms. The summed E-state index contributed by atoms with van der Waals surface area (Å²) in [6, 6.07) is 1.92. The predicted octanol–water partition coefficient (Wildman–Crippen LogP) is 5.13. The van der Waals surface area contributed by atoms with Crippen molar-refractivity contribution in [3.05, 3.63) is 0 Å². The fraction of sp³-hybridized carbons (Fsp3) is 1.00. The van der Waals surface area contributed by atoms with E-state index in [1.165, 1.54) is 64.2 Å². The molecule has 1 unspecified atom stereocenters. The van der Waals surface area contributed by atoms with Crippen LogP contribution in [0.15, 0.2) is 0 Å². The third-order valence-electron chi connectivity index (χ3n) is 5.77. The molecule has 0 radical (unpaired) electrons. The van der Waals surface area contributed by atoms with Crippen LogP contribution < -0.4 is 0 Å². The molecule has 0 aromatic rings. The normalized spacial score (nSPS) is 22.8. The van der Waals surface area contributed by atoms with Crippen LogP contribution in [0, 0.1) is 0 Å². The van der Waals surface area contributed by atoms with E-state index in [4.69, 9.17) is 9.47 Å². The van der Waals surface area contributed by atoms with E-state index in [0.717, 1.165) is 31.7 Å². The molecule has 0 bridgehead atoms. The largest absolute Gasteiger partial charge is 0.351 e. The summed E-state index contributed by atoms with van der Waals surface area (Å²) in [6.45, 7) is 7.97. The molecule has 0 N–H and O–H groups in total. The van der Waals surface area contributed by atoms with Crippen LogP contribution in [-0.2, 0) is 9.47 Å². The molecule has 2 saturated carbocycles. The van der Waals surface area contributed by atoms with Gasteiger partial charge < -0.3 is 9.47 Å². The lowest BCUT2D eigenvalue weighted by Crippen LogP contribution is -2.56. The van der Waals surface area contributed by atoms with Crippen LogP contribution in [0.3, 0.4) is 0 Å². The maximum Gasteiger partial charge on any atom is 0.172 e. The molecular formula is C20H39NO2. The van der Waals surface area contributed by atoms with E-state index < -0.39 is 0 Å². The van der Waals surface area contributed by atoms with E-state index in [-0.39, 0.29) is 6.29 Å². The Bertz CT molecular complexity index is 274. The van der Waals surface area contributed by atoms with Crippen LogP contribution in [0.25, 0.3) is 0 Å². The van der Waals surface area contributed by atoms with E-state index in [2.05, 4.69) is 25.7 Å². The van der Waals surface area contributed by atoms with Crippen molar-refractivity contribution >= 4 is 0 Å². The van der Waals surface area contributed by atoms with Gasteiger partial charge in [-0.15, -0.1) is 0 Å². The predicted molar refractivity (Wildman–Crippen MR) is 96.7 cm³/mol. The molecule has 2 aliphatic carbocycles. The van der Waals surface area contributed by atoms with Crippen molar-refractivity contribution in [2.45, 2.75) is 116 Å². The van der Waals surface area contributed by atoms with E-state index >= 15 is 0 Å². The van der Waals surface area contributed by atoms with E-state index in [1.807, 2.05) is 0 Å². The Hall–Kier alpha value is -0.120. The Kier molecular flexibility index (Phi) is 8.92. The number of nitrogens with zero attached hydrogens (tertiary/aromatic N) is 1. The molecule has 2 rings (SSSR count). The lowest BCUT2D eigenvalue weighted by Gasteiger charge is -2.47. The molecule has 0 aromatic carbocycles. The van der Waals surface area contributed by atoms with Crippen molar-refractivity contribution in [1.82, 2.24) is 4.90 Å². The molecule has 3 nitrogen and oxygen atoms in total. The Balaban J connectivity index is 2.16. The maximum absolute atomic E-state index is 6.03. The van der Waals surface area contributed by atoms with Crippen LogP contribution in [0.4, 0.5) is 0 Å². The Morgan fingerprint density at radius 1 is 0.739 bits per heavy atom. The van der Waals surface area contributed by atoms with Crippen molar-refractivity contribution in [2.24, 2.45) is 0 Å². The molecule has 0 saturated heterocycles. The quantitative estimate of drug-likeness (QED) is 0.548. The number of hydrogen-bond donors (Lipinski definition) is 0. The number of rotatable bonds is 9. The van der Waals surface area contributed by atoms with Crippen LogP contribution in [0.1, 0.15) is 91.4 Å². The monoisotopic (exact) mass is 325 g/mol. The third kappa shape index (κ3) is 5.44. The highest BCUT2D eigenvalue weighted by Crippen LogP contribution is 2.34. The lowest BCUT2D eigenvalue weighted by atomic mass is 9.86. The van der Waals surface area contributed by atoms with Gasteiger partial charge in [-0.2, -0.15) is 0 Å². The minimum absolute atomic E-state index is 0.0566. The molecule has 2 aliphatic rings. The second-order valence-corrected chi connectivity index (χ2v) is 7.29. The van der Waals surface area contributed by atoms with Gasteiger partial charge in [0.05, 0.1) is 6.04 Å². The van der Waals surface area contributed by atoms with Crippen molar-refractivity contribution in [2.75, 3.05) is 13.2 Å². The zero-order valence-corrected chi connectivity index (χ0v) is 15.8. The zero-order chi connectivity index (χ0) is 16.5. The highest BCUT2D eigenvalue weighted by Gasteiger charge is 2.37. The van der Waals surface area contributed by atoms with Gasteiger partial charge in [0.25, 0.3) is 0 Å². The topological polar surface area (TPSA) is 21.7 Å². The summed E-state index contributed by atoms with van der Waals surface area (Å²) in [5.41, 5.74) is 0. The first kappa shape index (κ1) is 19.2. The van der Waals surface area contributed by atoms with Gasteiger partial charge in [-0.05, 0) is 46.0 Å². The summed E-state index contributed by atoms with van der Waals surface area (Å²) in [5, 5.41) is 0. The van der Waals surface area contributed by atoms with Gasteiger partial charge in [0.1, 0.15) is 0 Å². The second-order valence-electron chi connectivity index (χ2n) is 7.29. The molecule has 1 atom stereocenters. The summed E-state index contributed by atoms with van der Waals surface area (Å²) in [7, 11) is 0. The molecule has 0 heterocycles. The molecule has 0 amide bonds. The summed E-state index contributed by atoms with van der Waals surface area (Å²) in [6.07, 6.45) is 15.0. The molecule has 2 fully saturated rings. The SMILES string of the molecule is CCOC(OCC)C(CC)N(C1CCCCC1)C1CCCCC1. The Labute approximate surface area is 144 Å². The average Bonchev–Trinajstić information content (AvgIpc) is 2.61. The molecule has 0 aliphatic heterocycles. The van der Waals surface area contributed by atoms with E-state index in [1.54, 1.807) is 0 Å². The average molecular weight is 326 g/mol. The molecule has 3 heteroatoms. The van der Waals surface area contributed by atoms with Crippen LogP contribution in [0.2, 0.25) is 0 Å². The van der Waals surface area contributed by atoms with Gasteiger partial charge >= 0.3 is 0 Å². The minimum Gasteiger partial charge on any atom is -0.351 e. The van der Waals surface area contributed by atoms with Gasteiger partial charge in [0.15, 0.2) is 6.29 Å². The fourth-order valence-electron chi connectivity index (χ4n) is 4.74. The van der Waals surface area contributed by atoms with Crippen molar-refractivity contribution in [3.8, 4) is 0 Å². The number of hydrogen-bond acceptors (Lipinski definition) is 3. The van der Waals surface area contributed by atoms with Crippen LogP contribution in [0.5, 0.6) is 0 Å². The smallest absolute Gasteiger partial charge is 0.172 e. The van der Waals surface area contributed by atoms with Gasteiger partial charge in [-0.25, -0.2) is 0 Å². The molecule has 136 valence electrons. The standard InChI is InChI=1S/C20H39NO2/c1-4-19(20(22-5-2)23-6-3)21(17-13-9-7-10-14-17)18-15-11-8-12-16-18/h17-20H,4-16H2,1-3H3. The summed E-state index contributed by atoms with van der Waals surface area (Å²) < 4.78 is 12.1. The van der Waals surface area contributed by atoms with Crippen molar-refractivity contribution < 1.29 is 9.47 Å². The van der Waals surface area contributed by atoms with Gasteiger partial charge in [0.2, 0.25) is 0 Å². The first-order chi connectivity index (χ1) is 11.3. The maximum atomic E-state index is 6.03. The second kappa shape index (κ2) is 10.7. The van der Waals surface area contributed by atoms with Crippen molar-refractivity contribution in [3.63, 3.8) is 0 Å². The molecule has 0 spiro atoms. The Morgan fingerprint density at radius 3 is 1.52 bits per heavy atom. The highest BCUT2D eigenvalue weighted by atomic mass is 16.7. The first-order valence-electron chi connectivity index (χ1n) is 10.3. The first-order valence-corrected chi connectivity index (χ1v) is 10.3. The van der Waals surface area contributed by atoms with E-state index in [0.29, 0.717) is 6.04 Å². The van der Waals surface area contributed by atoms with Crippen molar-refractivity contribution in [1.29, 1.82) is 0 Å². The number of ether oxygens (including phenoxy) is 2. The Morgan fingerprint density at radius 2 is 1.17 bits per heavy atom. The molecular weight excluding hydrogens is 286 g/mol. The molecule has 0 aromatic heterocycles. The summed E-state index contributed by atoms with van der Waals surface area (Å²) in [4.78, 5) is 2.87. The van der Waals surface area contributed by atoms with Gasteiger partial charge in [-0.3, -0.25) is 4.90 Å². The minimum atomic E-state index is -0.0566. The third-order valence-corrected chi connectivity index (χ3v) is 5.77. The van der Waals surface area contributed by atoms with E-state index in [9.17, 15) is 0 Å². The van der Waals surface area contributed by atoms with Gasteiger partial charge in [-0.1, -0.05) is 45.4 Å². The highest BCUT2D eigenvalue weighted by molar-refractivity contribution is 4.89. The summed E-state index contributed by atoms with van der Waals surface area (Å²) >= 11 is 0.